The second kappa shape index (κ2) is 5.92. The Hall–Kier alpha value is -2.42. The van der Waals surface area contributed by atoms with Crippen LogP contribution in [0.4, 0.5) is 0 Å². The van der Waals surface area contributed by atoms with Crippen LogP contribution in [-0.4, -0.2) is 22.7 Å². The number of hydrogen-bond acceptors (Lipinski definition) is 3. The van der Waals surface area contributed by atoms with Crippen molar-refractivity contribution in [2.24, 2.45) is 0 Å². The number of allylic oxidation sites excluding steroid dienone is 1. The topological polar surface area (TPSA) is 33.2 Å². The second-order valence-corrected chi connectivity index (χ2v) is 5.32. The minimum atomic E-state index is 0.0750. The normalized spacial score (nSPS) is 17.8. The van der Waals surface area contributed by atoms with E-state index >= 15 is 0 Å². The van der Waals surface area contributed by atoms with Crippen molar-refractivity contribution in [3.8, 4) is 0 Å². The fourth-order valence-electron chi connectivity index (χ4n) is 2.93. The van der Waals surface area contributed by atoms with E-state index in [0.717, 1.165) is 24.9 Å². The largest absolute Gasteiger partial charge is 0.364 e. The first-order valence-corrected chi connectivity index (χ1v) is 7.17. The van der Waals surface area contributed by atoms with Crippen molar-refractivity contribution in [2.45, 2.75) is 19.4 Å². The number of nitrogens with zero attached hydrogens (tertiary/aromatic N) is 2. The third-order valence-corrected chi connectivity index (χ3v) is 3.89. The van der Waals surface area contributed by atoms with E-state index in [1.807, 2.05) is 30.6 Å². The maximum absolute atomic E-state index is 10.7. The van der Waals surface area contributed by atoms with Crippen LogP contribution in [0.25, 0.3) is 0 Å². The molecule has 2 aromatic rings. The Labute approximate surface area is 124 Å². The summed E-state index contributed by atoms with van der Waals surface area (Å²) in [6.45, 7) is 3.00. The van der Waals surface area contributed by atoms with Crippen LogP contribution in [-0.2, 0) is 11.2 Å². The lowest BCUT2D eigenvalue weighted by Gasteiger charge is -2.36. The number of rotatable bonds is 3. The molecule has 3 rings (SSSR count). The fourth-order valence-corrected chi connectivity index (χ4v) is 2.93. The van der Waals surface area contributed by atoms with Gasteiger partial charge in [0.05, 0.1) is 11.7 Å². The molecule has 0 spiro atoms. The van der Waals surface area contributed by atoms with Crippen molar-refractivity contribution in [3.63, 3.8) is 0 Å². The molecule has 1 aliphatic heterocycles. The Morgan fingerprint density at radius 3 is 2.95 bits per heavy atom. The summed E-state index contributed by atoms with van der Waals surface area (Å²) in [6, 6.07) is 12.7. The number of carbonyl (C=O) groups is 1. The highest BCUT2D eigenvalue weighted by atomic mass is 16.1. The zero-order chi connectivity index (χ0) is 14.7. The molecule has 0 bridgehead atoms. The fraction of sp³-hybridized carbons (Fsp3) is 0.222. The average molecular weight is 278 g/mol. The SMILES string of the molecule is Cc1ccc2c(c1)C(c1ccccn1)N(C=CC=O)CC2. The quantitative estimate of drug-likeness (QED) is 0.639. The summed E-state index contributed by atoms with van der Waals surface area (Å²) in [5, 5.41) is 0. The predicted molar refractivity (Wildman–Crippen MR) is 82.9 cm³/mol. The third kappa shape index (κ3) is 2.72. The van der Waals surface area contributed by atoms with Crippen LogP contribution < -0.4 is 0 Å². The number of pyridine rings is 1. The number of hydrogen-bond donors (Lipinski definition) is 0. The van der Waals surface area contributed by atoms with Crippen molar-refractivity contribution in [1.29, 1.82) is 0 Å². The van der Waals surface area contributed by atoms with Gasteiger partial charge in [-0.3, -0.25) is 9.78 Å². The molecule has 0 fully saturated rings. The highest BCUT2D eigenvalue weighted by Gasteiger charge is 2.27. The van der Waals surface area contributed by atoms with Gasteiger partial charge in [0.1, 0.15) is 6.29 Å². The lowest BCUT2D eigenvalue weighted by Crippen LogP contribution is -2.32. The molecule has 0 saturated heterocycles. The van der Waals surface area contributed by atoms with Gasteiger partial charge in [-0.2, -0.15) is 0 Å². The predicted octanol–water partition coefficient (Wildman–Crippen LogP) is 3.05. The van der Waals surface area contributed by atoms with Gasteiger partial charge in [-0.15, -0.1) is 0 Å². The van der Waals surface area contributed by atoms with Crippen LogP contribution in [0.3, 0.4) is 0 Å². The molecule has 1 aliphatic rings. The Morgan fingerprint density at radius 2 is 2.19 bits per heavy atom. The van der Waals surface area contributed by atoms with Gasteiger partial charge in [0.25, 0.3) is 0 Å². The van der Waals surface area contributed by atoms with Crippen LogP contribution in [0, 0.1) is 6.92 Å². The van der Waals surface area contributed by atoms with E-state index in [9.17, 15) is 4.79 Å². The first kappa shape index (κ1) is 13.6. The van der Waals surface area contributed by atoms with Gasteiger partial charge in [-0.1, -0.05) is 29.8 Å². The zero-order valence-electron chi connectivity index (χ0n) is 12.1. The highest BCUT2D eigenvalue weighted by molar-refractivity contribution is 5.64. The molecule has 0 radical (unpaired) electrons. The van der Waals surface area contributed by atoms with E-state index in [1.54, 1.807) is 6.08 Å². The zero-order valence-corrected chi connectivity index (χ0v) is 12.1. The summed E-state index contributed by atoms with van der Waals surface area (Å²) >= 11 is 0. The van der Waals surface area contributed by atoms with E-state index in [-0.39, 0.29) is 6.04 Å². The summed E-state index contributed by atoms with van der Waals surface area (Å²) in [5.41, 5.74) is 4.91. The van der Waals surface area contributed by atoms with Crippen LogP contribution >= 0.6 is 0 Å². The van der Waals surface area contributed by atoms with E-state index < -0.39 is 0 Å². The second-order valence-electron chi connectivity index (χ2n) is 5.32. The minimum absolute atomic E-state index is 0.0750. The van der Waals surface area contributed by atoms with Crippen LogP contribution in [0.5, 0.6) is 0 Å². The molecule has 0 N–H and O–H groups in total. The monoisotopic (exact) mass is 278 g/mol. The molecule has 21 heavy (non-hydrogen) atoms. The van der Waals surface area contributed by atoms with Crippen molar-refractivity contribution in [2.75, 3.05) is 6.54 Å². The van der Waals surface area contributed by atoms with Crippen molar-refractivity contribution in [1.82, 2.24) is 9.88 Å². The molecule has 1 unspecified atom stereocenters. The molecule has 3 nitrogen and oxygen atoms in total. The summed E-state index contributed by atoms with van der Waals surface area (Å²) in [7, 11) is 0. The van der Waals surface area contributed by atoms with Crippen LogP contribution in [0.1, 0.15) is 28.4 Å². The molecule has 2 heterocycles. The number of aldehydes is 1. The molecule has 1 aromatic carbocycles. The lowest BCUT2D eigenvalue weighted by atomic mass is 9.89. The molecular formula is C18H18N2O. The number of benzene rings is 1. The molecule has 3 heteroatoms. The maximum atomic E-state index is 10.7. The molecule has 0 amide bonds. The first-order valence-electron chi connectivity index (χ1n) is 7.17. The van der Waals surface area contributed by atoms with Gasteiger partial charge in [0.15, 0.2) is 0 Å². The molecular weight excluding hydrogens is 260 g/mol. The van der Waals surface area contributed by atoms with E-state index in [1.165, 1.54) is 16.7 Å². The Bertz CT molecular complexity index is 664. The number of fused-ring (bicyclic) bond motifs is 1. The molecule has 0 saturated carbocycles. The van der Waals surface area contributed by atoms with Gasteiger partial charge in [-0.25, -0.2) is 0 Å². The van der Waals surface area contributed by atoms with Crippen LogP contribution in [0.15, 0.2) is 54.9 Å². The van der Waals surface area contributed by atoms with Crippen molar-refractivity contribution < 1.29 is 4.79 Å². The van der Waals surface area contributed by atoms with E-state index in [0.29, 0.717) is 0 Å². The van der Waals surface area contributed by atoms with Crippen LogP contribution in [0.2, 0.25) is 0 Å². The van der Waals surface area contributed by atoms with E-state index in [4.69, 9.17) is 0 Å². The van der Waals surface area contributed by atoms with Gasteiger partial charge in [-0.05, 0) is 42.7 Å². The number of carbonyl (C=O) groups excluding carboxylic acids is 1. The molecule has 0 aliphatic carbocycles. The minimum Gasteiger partial charge on any atom is -0.364 e. The first-order chi connectivity index (χ1) is 10.3. The third-order valence-electron chi connectivity index (χ3n) is 3.89. The van der Waals surface area contributed by atoms with Gasteiger partial charge in [0, 0.05) is 18.9 Å². The summed E-state index contributed by atoms with van der Waals surface area (Å²) < 4.78 is 0. The number of aromatic nitrogens is 1. The molecule has 106 valence electrons. The Kier molecular flexibility index (Phi) is 3.82. The van der Waals surface area contributed by atoms with Gasteiger partial charge < -0.3 is 4.90 Å². The van der Waals surface area contributed by atoms with E-state index in [2.05, 4.69) is 35.0 Å². The van der Waals surface area contributed by atoms with Gasteiger partial charge in [0.2, 0.25) is 0 Å². The summed E-state index contributed by atoms with van der Waals surface area (Å²) in [6.07, 6.45) is 7.05. The van der Waals surface area contributed by atoms with Gasteiger partial charge >= 0.3 is 0 Å². The van der Waals surface area contributed by atoms with Crippen molar-refractivity contribution >= 4 is 6.29 Å². The smallest absolute Gasteiger partial charge is 0.144 e. The molecule has 1 aromatic heterocycles. The summed E-state index contributed by atoms with van der Waals surface area (Å²) in [5.74, 6) is 0. The maximum Gasteiger partial charge on any atom is 0.144 e. The summed E-state index contributed by atoms with van der Waals surface area (Å²) in [4.78, 5) is 17.4. The molecule has 1 atom stereocenters. The highest BCUT2D eigenvalue weighted by Crippen LogP contribution is 2.34. The standard InChI is InChI=1S/C18H18N2O/c1-14-6-7-15-8-11-20(10-4-12-21)18(16(15)13-14)17-5-2-3-9-19-17/h2-7,9-10,12-13,18H,8,11H2,1H3. The van der Waals surface area contributed by atoms with Crippen molar-refractivity contribution in [3.05, 3.63) is 77.3 Å². The lowest BCUT2D eigenvalue weighted by molar-refractivity contribution is -0.104. The Balaban J connectivity index is 2.10. The average Bonchev–Trinajstić information content (AvgIpc) is 2.53. The number of aryl methyl sites for hydroxylation is 1. The Morgan fingerprint density at radius 1 is 1.29 bits per heavy atom.